The molecule has 0 aromatic heterocycles. The van der Waals surface area contributed by atoms with Crippen LogP contribution in [0.1, 0.15) is 48.5 Å². The fourth-order valence-electron chi connectivity index (χ4n) is 1.10. The lowest BCUT2D eigenvalue weighted by Crippen LogP contribution is -2.36. The van der Waals surface area contributed by atoms with Crippen LogP contribution in [-0.4, -0.2) is 28.9 Å². The summed E-state index contributed by atoms with van der Waals surface area (Å²) in [5, 5.41) is 0. The summed E-state index contributed by atoms with van der Waals surface area (Å²) < 4.78 is 0. The number of hydrogen-bond donors (Lipinski definition) is 0. The molecular formula is C11H24N2. The molecule has 2 heteroatoms. The van der Waals surface area contributed by atoms with Gasteiger partial charge in [0.2, 0.25) is 0 Å². The zero-order valence-electron chi connectivity index (χ0n) is 10.1. The van der Waals surface area contributed by atoms with Crippen LogP contribution in [0.3, 0.4) is 0 Å². The fourth-order valence-corrected chi connectivity index (χ4v) is 1.10. The van der Waals surface area contributed by atoms with E-state index < -0.39 is 0 Å². The highest BCUT2D eigenvalue weighted by molar-refractivity contribution is 5.56. The molecule has 0 unspecified atom stereocenters. The molecule has 0 aliphatic carbocycles. The first-order chi connectivity index (χ1) is 5.74. The number of hydrogen-bond acceptors (Lipinski definition) is 1. The van der Waals surface area contributed by atoms with Crippen molar-refractivity contribution in [3.8, 4) is 0 Å². The highest BCUT2D eigenvalue weighted by atomic mass is 15.2. The van der Waals surface area contributed by atoms with Gasteiger partial charge in [-0.05, 0) is 48.5 Å². The van der Waals surface area contributed by atoms with Gasteiger partial charge in [-0.3, -0.25) is 4.99 Å². The first-order valence-corrected chi connectivity index (χ1v) is 5.07. The standard InChI is InChI=1S/C11H24N2/c1-9(2)13(10(3)4)8-12-11(5,6)7/h8-10H,1-7H3. The maximum absolute atomic E-state index is 4.50. The maximum atomic E-state index is 4.50. The highest BCUT2D eigenvalue weighted by Gasteiger charge is 2.11. The van der Waals surface area contributed by atoms with Gasteiger partial charge < -0.3 is 4.90 Å². The van der Waals surface area contributed by atoms with Gasteiger partial charge in [-0.1, -0.05) is 0 Å². The van der Waals surface area contributed by atoms with Crippen molar-refractivity contribution in [2.75, 3.05) is 0 Å². The summed E-state index contributed by atoms with van der Waals surface area (Å²) in [6.07, 6.45) is 1.98. The molecule has 0 rings (SSSR count). The summed E-state index contributed by atoms with van der Waals surface area (Å²) in [4.78, 5) is 6.77. The number of nitrogens with zero attached hydrogens (tertiary/aromatic N) is 2. The zero-order chi connectivity index (χ0) is 10.6. The van der Waals surface area contributed by atoms with Crippen molar-refractivity contribution < 1.29 is 0 Å². The molecule has 0 aliphatic rings. The van der Waals surface area contributed by atoms with Gasteiger partial charge in [-0.2, -0.15) is 0 Å². The first-order valence-electron chi connectivity index (χ1n) is 5.07. The molecule has 0 radical (unpaired) electrons. The van der Waals surface area contributed by atoms with E-state index in [4.69, 9.17) is 0 Å². The molecule has 0 N–H and O–H groups in total. The van der Waals surface area contributed by atoms with Gasteiger partial charge in [-0.25, -0.2) is 0 Å². The summed E-state index contributed by atoms with van der Waals surface area (Å²) in [6.45, 7) is 15.1. The van der Waals surface area contributed by atoms with Crippen molar-refractivity contribution >= 4 is 6.34 Å². The van der Waals surface area contributed by atoms with Crippen LogP contribution in [-0.2, 0) is 0 Å². The van der Waals surface area contributed by atoms with Crippen molar-refractivity contribution in [3.63, 3.8) is 0 Å². The van der Waals surface area contributed by atoms with E-state index in [0.29, 0.717) is 12.1 Å². The Kier molecular flexibility index (Phi) is 4.45. The van der Waals surface area contributed by atoms with Crippen molar-refractivity contribution in [1.82, 2.24) is 4.90 Å². The minimum Gasteiger partial charge on any atom is -0.358 e. The minimum absolute atomic E-state index is 0.0298. The topological polar surface area (TPSA) is 15.6 Å². The lowest BCUT2D eigenvalue weighted by molar-refractivity contribution is 0.298. The highest BCUT2D eigenvalue weighted by Crippen LogP contribution is 2.08. The minimum atomic E-state index is 0.0298. The van der Waals surface area contributed by atoms with E-state index in [2.05, 4.69) is 58.4 Å². The lowest BCUT2D eigenvalue weighted by Gasteiger charge is -2.29. The Hall–Kier alpha value is -0.530. The SMILES string of the molecule is CC(C)N(C=NC(C)(C)C)C(C)C. The Morgan fingerprint density at radius 3 is 1.62 bits per heavy atom. The van der Waals surface area contributed by atoms with Crippen LogP contribution in [0.15, 0.2) is 4.99 Å². The fraction of sp³-hybridized carbons (Fsp3) is 0.909. The Bertz CT molecular complexity index is 155. The van der Waals surface area contributed by atoms with E-state index in [0.717, 1.165) is 0 Å². The molecule has 0 aromatic rings. The van der Waals surface area contributed by atoms with Crippen molar-refractivity contribution in [3.05, 3.63) is 0 Å². The second-order valence-corrected chi connectivity index (χ2v) is 5.05. The molecule has 0 amide bonds. The third-order valence-corrected chi connectivity index (χ3v) is 1.77. The monoisotopic (exact) mass is 184 g/mol. The second kappa shape index (κ2) is 4.64. The predicted molar refractivity (Wildman–Crippen MR) is 60.4 cm³/mol. The Morgan fingerprint density at radius 2 is 1.38 bits per heavy atom. The van der Waals surface area contributed by atoms with Gasteiger partial charge in [0, 0.05) is 12.1 Å². The first kappa shape index (κ1) is 12.5. The normalized spacial score (nSPS) is 13.3. The molecule has 0 fully saturated rings. The van der Waals surface area contributed by atoms with Crippen molar-refractivity contribution in [1.29, 1.82) is 0 Å². The Labute approximate surface area is 83.0 Å². The predicted octanol–water partition coefficient (Wildman–Crippen LogP) is 2.93. The zero-order valence-corrected chi connectivity index (χ0v) is 10.1. The largest absolute Gasteiger partial charge is 0.358 e. The third kappa shape index (κ3) is 5.67. The van der Waals surface area contributed by atoms with Crippen LogP contribution in [0.2, 0.25) is 0 Å². The van der Waals surface area contributed by atoms with Crippen LogP contribution in [0.5, 0.6) is 0 Å². The van der Waals surface area contributed by atoms with Gasteiger partial charge in [0.1, 0.15) is 0 Å². The molecular weight excluding hydrogens is 160 g/mol. The quantitative estimate of drug-likeness (QED) is 0.486. The summed E-state index contributed by atoms with van der Waals surface area (Å²) in [5.41, 5.74) is 0.0298. The molecule has 0 atom stereocenters. The maximum Gasteiger partial charge on any atom is 0.0860 e. The summed E-state index contributed by atoms with van der Waals surface area (Å²) >= 11 is 0. The van der Waals surface area contributed by atoms with E-state index in [-0.39, 0.29) is 5.54 Å². The molecule has 0 saturated heterocycles. The van der Waals surface area contributed by atoms with E-state index >= 15 is 0 Å². The molecule has 0 heterocycles. The molecule has 0 aromatic carbocycles. The molecule has 0 spiro atoms. The molecule has 0 saturated carbocycles. The van der Waals surface area contributed by atoms with Crippen molar-refractivity contribution in [2.24, 2.45) is 4.99 Å². The van der Waals surface area contributed by atoms with Gasteiger partial charge in [0.25, 0.3) is 0 Å². The van der Waals surface area contributed by atoms with Crippen molar-refractivity contribution in [2.45, 2.75) is 66.1 Å². The van der Waals surface area contributed by atoms with Crippen LogP contribution in [0.4, 0.5) is 0 Å². The smallest absolute Gasteiger partial charge is 0.0860 e. The van der Waals surface area contributed by atoms with Gasteiger partial charge in [-0.15, -0.1) is 0 Å². The van der Waals surface area contributed by atoms with E-state index in [1.807, 2.05) is 6.34 Å². The average molecular weight is 184 g/mol. The van der Waals surface area contributed by atoms with Gasteiger partial charge in [0.05, 0.1) is 11.9 Å². The lowest BCUT2D eigenvalue weighted by atomic mass is 10.1. The van der Waals surface area contributed by atoms with Crippen LogP contribution < -0.4 is 0 Å². The Morgan fingerprint density at radius 1 is 1.00 bits per heavy atom. The van der Waals surface area contributed by atoms with E-state index in [1.54, 1.807) is 0 Å². The molecule has 13 heavy (non-hydrogen) atoms. The van der Waals surface area contributed by atoms with Crippen LogP contribution in [0.25, 0.3) is 0 Å². The summed E-state index contributed by atoms with van der Waals surface area (Å²) in [5.74, 6) is 0. The summed E-state index contributed by atoms with van der Waals surface area (Å²) in [6, 6.07) is 1.04. The molecule has 0 bridgehead atoms. The second-order valence-electron chi connectivity index (χ2n) is 5.05. The van der Waals surface area contributed by atoms with Crippen LogP contribution in [0, 0.1) is 0 Å². The molecule has 78 valence electrons. The third-order valence-electron chi connectivity index (χ3n) is 1.77. The van der Waals surface area contributed by atoms with Gasteiger partial charge >= 0.3 is 0 Å². The van der Waals surface area contributed by atoms with Gasteiger partial charge in [0.15, 0.2) is 0 Å². The number of rotatable bonds is 3. The average Bonchev–Trinajstić information content (AvgIpc) is 1.82. The Balaban J connectivity index is 4.35. The van der Waals surface area contributed by atoms with E-state index in [1.165, 1.54) is 0 Å². The molecule has 2 nitrogen and oxygen atoms in total. The van der Waals surface area contributed by atoms with Crippen LogP contribution >= 0.6 is 0 Å². The number of aliphatic imine (C=N–C) groups is 1. The summed E-state index contributed by atoms with van der Waals surface area (Å²) in [7, 11) is 0. The molecule has 0 aliphatic heterocycles. The van der Waals surface area contributed by atoms with E-state index in [9.17, 15) is 0 Å².